The first-order valence-electron chi connectivity index (χ1n) is 5.24. The summed E-state index contributed by atoms with van der Waals surface area (Å²) in [5, 5.41) is 15.5. The molecule has 1 atom stereocenters. The summed E-state index contributed by atoms with van der Waals surface area (Å²) in [5.74, 6) is 0.211. The molecule has 0 bridgehead atoms. The van der Waals surface area contributed by atoms with Crippen molar-refractivity contribution in [2.75, 3.05) is 5.32 Å². The van der Waals surface area contributed by atoms with Crippen molar-refractivity contribution in [3.05, 3.63) is 27.7 Å². The molecule has 0 saturated heterocycles. The number of nitrogens with zero attached hydrogens (tertiary/aromatic N) is 1. The van der Waals surface area contributed by atoms with Gasteiger partial charge in [-0.1, -0.05) is 23.7 Å². The van der Waals surface area contributed by atoms with Crippen LogP contribution >= 0.6 is 27.5 Å². The van der Waals surface area contributed by atoms with E-state index in [2.05, 4.69) is 26.4 Å². The number of oxime groups is 1. The number of hydrogen-bond acceptors (Lipinski definition) is 3. The van der Waals surface area contributed by atoms with Gasteiger partial charge in [0.2, 0.25) is 0 Å². The Hall–Kier alpha value is -0.940. The van der Waals surface area contributed by atoms with Crippen LogP contribution < -0.4 is 11.1 Å². The lowest BCUT2D eigenvalue weighted by Crippen LogP contribution is -2.26. The third-order valence-corrected chi connectivity index (χ3v) is 3.29. The Morgan fingerprint density at radius 1 is 1.65 bits per heavy atom. The van der Waals surface area contributed by atoms with Gasteiger partial charge in [-0.15, -0.1) is 0 Å². The Kier molecular flexibility index (Phi) is 5.58. The second-order valence-electron chi connectivity index (χ2n) is 3.67. The molecule has 94 valence electrons. The molecule has 1 aromatic carbocycles. The molecule has 0 aromatic heterocycles. The second-order valence-corrected chi connectivity index (χ2v) is 4.96. The van der Waals surface area contributed by atoms with Crippen LogP contribution in [0.3, 0.4) is 0 Å². The minimum atomic E-state index is 0.0978. The van der Waals surface area contributed by atoms with Crippen molar-refractivity contribution in [2.45, 2.75) is 25.8 Å². The third kappa shape index (κ3) is 4.44. The molecule has 0 aliphatic rings. The van der Waals surface area contributed by atoms with Crippen LogP contribution in [-0.4, -0.2) is 17.1 Å². The van der Waals surface area contributed by atoms with Gasteiger partial charge < -0.3 is 16.3 Å². The standard InChI is InChI=1S/C11H15BrClN3O/c1-2-8(6-11(14)16-17)15-10-5-7(13)3-4-9(10)12/h3-5,8,15,17H,2,6H2,1H3,(H2,14,16). The van der Waals surface area contributed by atoms with E-state index in [1.165, 1.54) is 0 Å². The van der Waals surface area contributed by atoms with E-state index in [9.17, 15) is 0 Å². The predicted octanol–water partition coefficient (Wildman–Crippen LogP) is 3.43. The zero-order chi connectivity index (χ0) is 12.8. The number of rotatable bonds is 5. The Balaban J connectivity index is 2.76. The highest BCUT2D eigenvalue weighted by Crippen LogP contribution is 2.27. The lowest BCUT2D eigenvalue weighted by atomic mass is 10.1. The van der Waals surface area contributed by atoms with Gasteiger partial charge >= 0.3 is 0 Å². The molecule has 0 spiro atoms. The quantitative estimate of drug-likeness (QED) is 0.337. The summed E-state index contributed by atoms with van der Waals surface area (Å²) in [6, 6.07) is 5.61. The average molecular weight is 321 g/mol. The van der Waals surface area contributed by atoms with Gasteiger partial charge in [-0.05, 0) is 40.5 Å². The van der Waals surface area contributed by atoms with Crippen molar-refractivity contribution < 1.29 is 5.21 Å². The van der Waals surface area contributed by atoms with E-state index in [1.807, 2.05) is 19.1 Å². The zero-order valence-corrected chi connectivity index (χ0v) is 11.8. The van der Waals surface area contributed by atoms with E-state index in [-0.39, 0.29) is 11.9 Å². The minimum absolute atomic E-state index is 0.0978. The van der Waals surface area contributed by atoms with Crippen molar-refractivity contribution in [1.29, 1.82) is 0 Å². The Morgan fingerprint density at radius 3 is 2.94 bits per heavy atom. The normalized spacial score (nSPS) is 13.5. The Morgan fingerprint density at radius 2 is 2.35 bits per heavy atom. The maximum Gasteiger partial charge on any atom is 0.141 e. The Labute approximate surface area is 114 Å². The number of benzene rings is 1. The van der Waals surface area contributed by atoms with Crippen LogP contribution in [0.2, 0.25) is 5.02 Å². The van der Waals surface area contributed by atoms with Crippen molar-refractivity contribution in [3.8, 4) is 0 Å². The zero-order valence-electron chi connectivity index (χ0n) is 9.45. The molecule has 4 N–H and O–H groups in total. The summed E-state index contributed by atoms with van der Waals surface area (Å²) in [6.45, 7) is 2.03. The van der Waals surface area contributed by atoms with E-state index in [0.29, 0.717) is 11.4 Å². The minimum Gasteiger partial charge on any atom is -0.409 e. The third-order valence-electron chi connectivity index (χ3n) is 2.36. The van der Waals surface area contributed by atoms with Gasteiger partial charge in [0.15, 0.2) is 0 Å². The first-order valence-corrected chi connectivity index (χ1v) is 6.42. The molecule has 1 rings (SSSR count). The van der Waals surface area contributed by atoms with Crippen molar-refractivity contribution in [1.82, 2.24) is 0 Å². The maximum atomic E-state index is 8.55. The van der Waals surface area contributed by atoms with Gasteiger partial charge in [0.05, 0.1) is 5.69 Å². The molecule has 6 heteroatoms. The van der Waals surface area contributed by atoms with E-state index >= 15 is 0 Å². The van der Waals surface area contributed by atoms with Crippen LogP contribution in [-0.2, 0) is 0 Å². The molecule has 0 fully saturated rings. The molecular formula is C11H15BrClN3O. The number of nitrogens with one attached hydrogen (secondary N) is 1. The van der Waals surface area contributed by atoms with Crippen molar-refractivity contribution >= 4 is 39.1 Å². The molecule has 0 radical (unpaired) electrons. The first-order chi connectivity index (χ1) is 8.06. The molecule has 0 saturated carbocycles. The van der Waals surface area contributed by atoms with Gasteiger partial charge in [-0.3, -0.25) is 0 Å². The van der Waals surface area contributed by atoms with Gasteiger partial charge in [0.25, 0.3) is 0 Å². The SMILES string of the molecule is CCC(C/C(N)=N/O)Nc1cc(Cl)ccc1Br. The predicted molar refractivity (Wildman–Crippen MR) is 74.9 cm³/mol. The topological polar surface area (TPSA) is 70.6 Å². The molecule has 0 aliphatic carbocycles. The summed E-state index contributed by atoms with van der Waals surface area (Å²) in [4.78, 5) is 0. The molecule has 0 amide bonds. The highest BCUT2D eigenvalue weighted by molar-refractivity contribution is 9.10. The summed E-state index contributed by atoms with van der Waals surface area (Å²) >= 11 is 9.37. The van der Waals surface area contributed by atoms with Gasteiger partial charge in [0, 0.05) is 22.0 Å². The van der Waals surface area contributed by atoms with Crippen LogP contribution in [0.15, 0.2) is 27.8 Å². The van der Waals surface area contributed by atoms with Crippen LogP contribution in [0.1, 0.15) is 19.8 Å². The van der Waals surface area contributed by atoms with Crippen molar-refractivity contribution in [3.63, 3.8) is 0 Å². The molecule has 1 unspecified atom stereocenters. The Bertz CT molecular complexity index is 412. The molecule has 0 aliphatic heterocycles. The fourth-order valence-corrected chi connectivity index (χ4v) is 1.95. The van der Waals surface area contributed by atoms with E-state index < -0.39 is 0 Å². The van der Waals surface area contributed by atoms with Crippen LogP contribution in [0.25, 0.3) is 0 Å². The van der Waals surface area contributed by atoms with Crippen molar-refractivity contribution in [2.24, 2.45) is 10.9 Å². The fraction of sp³-hybridized carbons (Fsp3) is 0.364. The summed E-state index contributed by atoms with van der Waals surface area (Å²) in [6.07, 6.45) is 1.33. The van der Waals surface area contributed by atoms with E-state index in [4.69, 9.17) is 22.5 Å². The van der Waals surface area contributed by atoms with Crippen LogP contribution in [0, 0.1) is 0 Å². The fourth-order valence-electron chi connectivity index (χ4n) is 1.42. The van der Waals surface area contributed by atoms with Gasteiger partial charge in [0.1, 0.15) is 5.84 Å². The monoisotopic (exact) mass is 319 g/mol. The largest absolute Gasteiger partial charge is 0.409 e. The highest BCUT2D eigenvalue weighted by Gasteiger charge is 2.10. The molecule has 1 aromatic rings. The van der Waals surface area contributed by atoms with Gasteiger partial charge in [-0.25, -0.2) is 0 Å². The summed E-state index contributed by atoms with van der Waals surface area (Å²) in [5.41, 5.74) is 6.39. The number of anilines is 1. The molecule has 4 nitrogen and oxygen atoms in total. The summed E-state index contributed by atoms with van der Waals surface area (Å²) in [7, 11) is 0. The van der Waals surface area contributed by atoms with Gasteiger partial charge in [-0.2, -0.15) is 0 Å². The second kappa shape index (κ2) is 6.71. The van der Waals surface area contributed by atoms with E-state index in [1.54, 1.807) is 6.07 Å². The smallest absolute Gasteiger partial charge is 0.141 e. The number of halogens is 2. The number of hydrogen-bond donors (Lipinski definition) is 3. The molecule has 0 heterocycles. The average Bonchev–Trinajstić information content (AvgIpc) is 2.32. The molecular weight excluding hydrogens is 305 g/mol. The summed E-state index contributed by atoms with van der Waals surface area (Å²) < 4.78 is 0.930. The highest BCUT2D eigenvalue weighted by atomic mass is 79.9. The van der Waals surface area contributed by atoms with Crippen LogP contribution in [0.4, 0.5) is 5.69 Å². The molecule has 17 heavy (non-hydrogen) atoms. The van der Waals surface area contributed by atoms with E-state index in [0.717, 1.165) is 16.6 Å². The lowest BCUT2D eigenvalue weighted by molar-refractivity contribution is 0.316. The number of nitrogens with two attached hydrogens (primary N) is 1. The number of amidine groups is 1. The lowest BCUT2D eigenvalue weighted by Gasteiger charge is -2.18. The van der Waals surface area contributed by atoms with Crippen LogP contribution in [0.5, 0.6) is 0 Å². The maximum absolute atomic E-state index is 8.55. The first kappa shape index (κ1) is 14.1.